The lowest BCUT2D eigenvalue weighted by Gasteiger charge is -2.53. The number of nitrogens with zero attached hydrogens (tertiary/aromatic N) is 1. The first-order chi connectivity index (χ1) is 12.6. The van der Waals surface area contributed by atoms with E-state index in [1.807, 2.05) is 18.2 Å². The summed E-state index contributed by atoms with van der Waals surface area (Å²) in [5.74, 6) is 3.16. The van der Waals surface area contributed by atoms with Gasteiger partial charge in [0.05, 0.1) is 25.6 Å². The fourth-order valence-corrected chi connectivity index (χ4v) is 4.93. The normalized spacial score (nSPS) is 29.8. The Kier molecular flexibility index (Phi) is 2.62. The van der Waals surface area contributed by atoms with Crippen LogP contribution in [0, 0.1) is 0 Å². The van der Waals surface area contributed by atoms with Crippen LogP contribution in [0.4, 0.5) is 0 Å². The fourth-order valence-electron chi connectivity index (χ4n) is 4.93. The van der Waals surface area contributed by atoms with Crippen molar-refractivity contribution in [3.05, 3.63) is 46.5 Å². The van der Waals surface area contributed by atoms with Gasteiger partial charge in [0.1, 0.15) is 6.54 Å². The molecule has 6 heteroatoms. The van der Waals surface area contributed by atoms with Gasteiger partial charge in [-0.25, -0.2) is 0 Å². The number of fused-ring (bicyclic) bond motifs is 7. The molecule has 0 amide bonds. The predicted octanol–water partition coefficient (Wildman–Crippen LogP) is 2.05. The van der Waals surface area contributed by atoms with Crippen LogP contribution in [-0.4, -0.2) is 36.8 Å². The van der Waals surface area contributed by atoms with Crippen LogP contribution in [0.15, 0.2) is 24.3 Å². The van der Waals surface area contributed by atoms with E-state index < -0.39 is 5.72 Å². The van der Waals surface area contributed by atoms with Crippen LogP contribution in [0.2, 0.25) is 0 Å². The largest absolute Gasteiger partial charge is 0.454 e. The molecule has 0 saturated heterocycles. The Bertz CT molecular complexity index is 958. The number of hydrogen-bond donors (Lipinski definition) is 1. The summed E-state index contributed by atoms with van der Waals surface area (Å²) in [4.78, 5) is 0. The molecule has 2 unspecified atom stereocenters. The summed E-state index contributed by atoms with van der Waals surface area (Å²) in [5.41, 5.74) is 3.40. The third kappa shape index (κ3) is 1.68. The Morgan fingerprint density at radius 2 is 1.73 bits per heavy atom. The second-order valence-electron chi connectivity index (χ2n) is 7.82. The van der Waals surface area contributed by atoms with Gasteiger partial charge in [0.2, 0.25) is 19.3 Å². The van der Waals surface area contributed by atoms with Crippen molar-refractivity contribution in [3.63, 3.8) is 0 Å². The van der Waals surface area contributed by atoms with E-state index in [1.54, 1.807) is 0 Å². The minimum absolute atomic E-state index is 0.245. The maximum Gasteiger partial charge on any atom is 0.232 e. The van der Waals surface area contributed by atoms with Crippen molar-refractivity contribution in [1.82, 2.24) is 0 Å². The van der Waals surface area contributed by atoms with Crippen LogP contribution in [0.1, 0.15) is 22.3 Å². The molecule has 4 aliphatic heterocycles. The van der Waals surface area contributed by atoms with Gasteiger partial charge in [-0.05, 0) is 29.3 Å². The summed E-state index contributed by atoms with van der Waals surface area (Å²) < 4.78 is 22.9. The zero-order valence-electron chi connectivity index (χ0n) is 14.6. The van der Waals surface area contributed by atoms with Gasteiger partial charge < -0.3 is 24.1 Å². The van der Waals surface area contributed by atoms with Crippen LogP contribution < -0.4 is 18.9 Å². The molecule has 134 valence electrons. The summed E-state index contributed by atoms with van der Waals surface area (Å²) in [5, 5.41) is 11.9. The van der Waals surface area contributed by atoms with Gasteiger partial charge >= 0.3 is 0 Å². The average molecular weight is 354 g/mol. The Hall–Kier alpha value is -2.44. The number of quaternary nitrogens is 1. The highest BCUT2D eigenvalue weighted by atomic mass is 16.7. The third-order valence-corrected chi connectivity index (χ3v) is 6.48. The maximum absolute atomic E-state index is 11.9. The predicted molar refractivity (Wildman–Crippen MR) is 91.2 cm³/mol. The van der Waals surface area contributed by atoms with Gasteiger partial charge in [-0.1, -0.05) is 6.07 Å². The lowest BCUT2D eigenvalue weighted by Crippen LogP contribution is -2.65. The molecule has 0 bridgehead atoms. The van der Waals surface area contributed by atoms with Crippen LogP contribution >= 0.6 is 0 Å². The van der Waals surface area contributed by atoms with Gasteiger partial charge in [-0.15, -0.1) is 0 Å². The number of ether oxygens (including phenoxy) is 4. The summed E-state index contributed by atoms with van der Waals surface area (Å²) in [7, 11) is 2.13. The van der Waals surface area contributed by atoms with E-state index >= 15 is 0 Å². The lowest BCUT2D eigenvalue weighted by atomic mass is 9.78. The highest BCUT2D eigenvalue weighted by Crippen LogP contribution is 2.52. The second-order valence-corrected chi connectivity index (χ2v) is 7.82. The Labute approximate surface area is 151 Å². The quantitative estimate of drug-likeness (QED) is 0.734. The first-order valence-corrected chi connectivity index (χ1v) is 8.98. The maximum atomic E-state index is 11.9. The van der Waals surface area contributed by atoms with Gasteiger partial charge in [0, 0.05) is 12.0 Å². The monoisotopic (exact) mass is 354 g/mol. The van der Waals surface area contributed by atoms with E-state index in [4.69, 9.17) is 18.9 Å². The first-order valence-electron chi connectivity index (χ1n) is 8.98. The zero-order valence-corrected chi connectivity index (χ0v) is 14.6. The molecule has 6 nitrogen and oxygen atoms in total. The van der Waals surface area contributed by atoms with E-state index in [0.717, 1.165) is 58.2 Å². The number of benzene rings is 2. The van der Waals surface area contributed by atoms with Crippen molar-refractivity contribution < 1.29 is 28.5 Å². The molecule has 26 heavy (non-hydrogen) atoms. The second kappa shape index (κ2) is 4.64. The molecule has 4 aliphatic rings. The summed E-state index contributed by atoms with van der Waals surface area (Å²) >= 11 is 0. The SMILES string of the molecule is C[N+]12CCc3cc4c(cc3C1(O)Cc1ccc3c(c1C2)OCO3)OCO4. The zero-order chi connectivity index (χ0) is 17.5. The van der Waals surface area contributed by atoms with E-state index in [9.17, 15) is 5.11 Å². The Morgan fingerprint density at radius 3 is 2.62 bits per heavy atom. The molecule has 0 aromatic heterocycles. The van der Waals surface area contributed by atoms with E-state index in [1.165, 1.54) is 0 Å². The number of hydrogen-bond acceptors (Lipinski definition) is 5. The highest BCUT2D eigenvalue weighted by Gasteiger charge is 2.56. The molecule has 2 aromatic carbocycles. The van der Waals surface area contributed by atoms with Crippen molar-refractivity contribution in [2.24, 2.45) is 0 Å². The molecular weight excluding hydrogens is 334 g/mol. The molecule has 0 spiro atoms. The van der Waals surface area contributed by atoms with E-state index in [2.05, 4.69) is 13.1 Å². The number of rotatable bonds is 0. The molecule has 0 saturated carbocycles. The summed E-state index contributed by atoms with van der Waals surface area (Å²) in [6, 6.07) is 8.02. The smallest absolute Gasteiger partial charge is 0.232 e. The van der Waals surface area contributed by atoms with E-state index in [0.29, 0.717) is 17.4 Å². The average Bonchev–Trinajstić information content (AvgIpc) is 3.28. The number of likely N-dealkylation sites (N-methyl/N-ethyl adjacent to an activating group) is 1. The van der Waals surface area contributed by atoms with Gasteiger partial charge in [0.25, 0.3) is 0 Å². The molecular formula is C20H20NO5+. The molecule has 4 heterocycles. The highest BCUT2D eigenvalue weighted by molar-refractivity contribution is 5.55. The van der Waals surface area contributed by atoms with Crippen molar-refractivity contribution in [1.29, 1.82) is 0 Å². The molecule has 0 fully saturated rings. The minimum Gasteiger partial charge on any atom is -0.454 e. The Morgan fingerprint density at radius 1 is 0.962 bits per heavy atom. The summed E-state index contributed by atoms with van der Waals surface area (Å²) in [6.45, 7) is 2.08. The van der Waals surface area contributed by atoms with Crippen LogP contribution in [0.5, 0.6) is 23.0 Å². The van der Waals surface area contributed by atoms with Gasteiger partial charge in [0.15, 0.2) is 23.0 Å². The first kappa shape index (κ1) is 14.7. The molecule has 6 rings (SSSR count). The molecule has 2 aromatic rings. The molecule has 0 radical (unpaired) electrons. The third-order valence-electron chi connectivity index (χ3n) is 6.48. The summed E-state index contributed by atoms with van der Waals surface area (Å²) in [6.07, 6.45) is 1.44. The topological polar surface area (TPSA) is 57.2 Å². The Balaban J connectivity index is 1.54. The van der Waals surface area contributed by atoms with Gasteiger partial charge in [-0.2, -0.15) is 0 Å². The van der Waals surface area contributed by atoms with Crippen LogP contribution in [0.25, 0.3) is 0 Å². The fraction of sp³-hybridized carbons (Fsp3) is 0.400. The van der Waals surface area contributed by atoms with Crippen LogP contribution in [-0.2, 0) is 25.1 Å². The van der Waals surface area contributed by atoms with Crippen molar-refractivity contribution >= 4 is 0 Å². The lowest BCUT2D eigenvalue weighted by molar-refractivity contribution is -1.01. The molecule has 1 N–H and O–H groups in total. The molecule has 2 atom stereocenters. The minimum atomic E-state index is -0.991. The van der Waals surface area contributed by atoms with Crippen molar-refractivity contribution in [2.75, 3.05) is 27.2 Å². The van der Waals surface area contributed by atoms with Crippen molar-refractivity contribution in [2.45, 2.75) is 25.1 Å². The standard InChI is InChI=1S/C20H20NO5/c1-21-5-4-12-6-17-18(25-10-24-17)7-15(12)20(21,22)8-13-2-3-16-19(14(13)9-21)26-11-23-16/h2-3,6-7,22H,4-5,8-11H2,1H3/q+1. The van der Waals surface area contributed by atoms with Crippen LogP contribution in [0.3, 0.4) is 0 Å². The van der Waals surface area contributed by atoms with E-state index in [-0.39, 0.29) is 13.6 Å². The van der Waals surface area contributed by atoms with Crippen molar-refractivity contribution in [3.8, 4) is 23.0 Å². The van der Waals surface area contributed by atoms with Gasteiger partial charge in [-0.3, -0.25) is 4.48 Å². The number of aliphatic hydroxyl groups is 1. The molecule has 0 aliphatic carbocycles.